The number of carboxylic acids is 1. The Morgan fingerprint density at radius 1 is 0.396 bits per heavy atom. The van der Waals surface area contributed by atoms with E-state index in [2.05, 4.69) is 95.7 Å². The molecule has 26 N–H and O–H groups in total. The zero-order valence-electron chi connectivity index (χ0n) is 79.2. The zero-order chi connectivity index (χ0) is 102. The van der Waals surface area contributed by atoms with Crippen molar-refractivity contribution in [3.05, 3.63) is 35.9 Å². The normalized spacial score (nSPS) is 18.5. The van der Waals surface area contributed by atoms with Gasteiger partial charge in [0.15, 0.2) is 0 Å². The molecule has 2 heterocycles. The molecule has 1 aromatic rings. The number of carbonyl (C=O) groups excluding carboxylic acids is 19. The molecule has 24 atom stereocenters. The molecule has 2 aliphatic rings. The van der Waals surface area contributed by atoms with Crippen molar-refractivity contribution in [3.63, 3.8) is 0 Å². The number of rotatable bonds is 56. The molecular weight excluding hydrogens is 1780 g/mol. The standard InChI is InChI=1S/C86H142N20O27S/c1-19-42(8)63(101-72(119)47(13)90-73(120)53-27-23-30-87-53)82(129)92-45(11)70(117)98-58(37-107)78(125)96-55(33-39(2)3)75(122)94-54(29-32-134-18)74(121)91-44(10)69(116)95-57(35-52-25-21-20-22-26-52)77(124)102-65(49(15)110)83(130)93-43(9)68(115)89-46(12)71(118)100-62(41(6)7)81(128)105-66(50(16)111)84(131)99-59(38-108)86(133)106-31-24-28-60(106)79(126)97-56(34-40(4)5)76(123)103-67(51(17)112)85(132)104-64(48(14)109)80(127)88-36-61(113)114/h20-22,25-26,39-51,53-60,62-67,87,107-112H,19,23-24,27-38H2,1-18H3,(H,88,127)(H,89,115)(H,90,120)(H,91,121)(H,92,129)(H,93,130)(H,94,122)(H,95,116)(H,96,125)(H,97,126)(H,98,117)(H,99,131)(H,100,118)(H,101,119)(H,102,124)(H,103,123)(H,104,132)(H,105,128)(H,113,114)/t42-,43-,44-,45-,46-,47-,48+,49+,50+,51+,53-,54-,55-,56-,57-,58-,59-,60-,62-,63-,64-,65-,66-,67-/m0/s1. The number of hydrogen-bond acceptors (Lipinski definition) is 28. The summed E-state index contributed by atoms with van der Waals surface area (Å²) in [7, 11) is 0. The minimum Gasteiger partial charge on any atom is -0.480 e. The van der Waals surface area contributed by atoms with Crippen molar-refractivity contribution in [2.75, 3.05) is 44.9 Å². The van der Waals surface area contributed by atoms with Crippen LogP contribution in [0.25, 0.3) is 0 Å². The number of amides is 19. The molecule has 0 bridgehead atoms. The maximum atomic E-state index is 14.4. The number of carboxylic acid groups (broad SMARTS) is 1. The maximum Gasteiger partial charge on any atom is 0.322 e. The van der Waals surface area contributed by atoms with Gasteiger partial charge in [-0.1, -0.05) is 92.1 Å². The first kappa shape index (κ1) is 117. The number of nitrogens with zero attached hydrogens (tertiary/aromatic N) is 1. The highest BCUT2D eigenvalue weighted by atomic mass is 32.2. The van der Waals surface area contributed by atoms with E-state index in [0.717, 1.165) is 39.0 Å². The summed E-state index contributed by atoms with van der Waals surface area (Å²) >= 11 is 1.30. The second-order valence-corrected chi connectivity index (χ2v) is 36.1. The van der Waals surface area contributed by atoms with Crippen LogP contribution in [0.4, 0.5) is 0 Å². The Morgan fingerprint density at radius 2 is 0.761 bits per heavy atom. The van der Waals surface area contributed by atoms with Gasteiger partial charge in [-0.3, -0.25) is 95.9 Å². The molecule has 2 saturated heterocycles. The monoisotopic (exact) mass is 1920 g/mol. The van der Waals surface area contributed by atoms with Crippen molar-refractivity contribution >= 4 is 130 Å². The Kier molecular flexibility index (Phi) is 50.1. The minimum absolute atomic E-state index is 0.00148. The first-order valence-electron chi connectivity index (χ1n) is 44.9. The zero-order valence-corrected chi connectivity index (χ0v) is 80.0. The summed E-state index contributed by atoms with van der Waals surface area (Å²) in [6.45, 7) is 21.8. The van der Waals surface area contributed by atoms with Crippen molar-refractivity contribution in [3.8, 4) is 0 Å². The Morgan fingerprint density at radius 3 is 1.22 bits per heavy atom. The smallest absolute Gasteiger partial charge is 0.322 e. The van der Waals surface area contributed by atoms with Crippen LogP contribution in [-0.2, 0) is 102 Å². The number of aliphatic hydroxyl groups is 6. The van der Waals surface area contributed by atoms with Gasteiger partial charge in [0.2, 0.25) is 112 Å². The van der Waals surface area contributed by atoms with Crippen molar-refractivity contribution in [2.45, 2.75) is 315 Å². The van der Waals surface area contributed by atoms with E-state index >= 15 is 0 Å². The van der Waals surface area contributed by atoms with Crippen LogP contribution < -0.4 is 101 Å². The first-order chi connectivity index (χ1) is 62.7. The van der Waals surface area contributed by atoms with E-state index < -0.39 is 283 Å². The van der Waals surface area contributed by atoms with Crippen LogP contribution >= 0.6 is 11.8 Å². The highest BCUT2D eigenvalue weighted by Gasteiger charge is 2.44. The van der Waals surface area contributed by atoms with Gasteiger partial charge in [0.05, 0.1) is 43.7 Å². The molecule has 0 spiro atoms. The lowest BCUT2D eigenvalue weighted by Crippen LogP contribution is -2.63. The lowest BCUT2D eigenvalue weighted by molar-refractivity contribution is -0.144. The Labute approximate surface area is 783 Å². The molecule has 0 radical (unpaired) electrons. The number of likely N-dealkylation sites (tertiary alicyclic amines) is 1. The minimum atomic E-state index is -1.90. The van der Waals surface area contributed by atoms with Crippen molar-refractivity contribution in [1.82, 2.24) is 106 Å². The predicted octanol–water partition coefficient (Wildman–Crippen LogP) is -8.43. The van der Waals surface area contributed by atoms with Gasteiger partial charge in [-0.05, 0) is 155 Å². The van der Waals surface area contributed by atoms with Gasteiger partial charge in [0, 0.05) is 13.0 Å². The second-order valence-electron chi connectivity index (χ2n) is 35.1. The number of aliphatic hydroxyl groups excluding tert-OH is 6. The number of aliphatic carboxylic acids is 1. The molecule has 0 saturated carbocycles. The van der Waals surface area contributed by atoms with E-state index in [-0.39, 0.29) is 68.6 Å². The van der Waals surface area contributed by atoms with Gasteiger partial charge in [0.25, 0.3) is 0 Å². The van der Waals surface area contributed by atoms with Crippen LogP contribution in [0.15, 0.2) is 30.3 Å². The lowest BCUT2D eigenvalue weighted by atomic mass is 9.97. The SMILES string of the molecule is CC[C@H](C)[C@H](NC(=O)[C@H](C)NC(=O)[C@@H]1CCCN1)C(=O)N[C@@H](C)C(=O)N[C@@H](CO)C(=O)N[C@@H](CC(C)C)C(=O)N[C@@H](CCSC)C(=O)N[C@@H](C)C(=O)N[C@@H](Cc1ccccc1)C(=O)N[C@H](C(=O)N[C@@H](C)C(=O)N[C@@H](C)C(=O)N[C@H](C(=O)N[C@H](C(=O)N[C@@H](CO)C(=O)N1CCC[C@H]1C(=O)N[C@@H](CC(C)C)C(=O)N[C@H](C(=O)N[C@H](C(=O)NCC(=O)O)[C@@H](C)O)[C@@H](C)O)[C@@H](C)O)C(C)C)[C@@H](C)O. The average molecular weight is 1920 g/mol. The fourth-order valence-electron chi connectivity index (χ4n) is 14.0. The summed E-state index contributed by atoms with van der Waals surface area (Å²) < 4.78 is 0. The summed E-state index contributed by atoms with van der Waals surface area (Å²) in [6, 6.07) is -19.7. The quantitative estimate of drug-likeness (QED) is 0.0288. The van der Waals surface area contributed by atoms with E-state index in [1.54, 1.807) is 78.1 Å². The topological polar surface area (TPSA) is 715 Å². The van der Waals surface area contributed by atoms with E-state index in [4.69, 9.17) is 5.11 Å². The van der Waals surface area contributed by atoms with E-state index in [9.17, 15) is 127 Å². The molecule has 47 nitrogen and oxygen atoms in total. The predicted molar refractivity (Wildman–Crippen MR) is 485 cm³/mol. The van der Waals surface area contributed by atoms with Crippen molar-refractivity contribution < 1.29 is 132 Å². The molecule has 754 valence electrons. The fraction of sp³-hybridized carbons (Fsp3) is 0.698. The summed E-state index contributed by atoms with van der Waals surface area (Å²) in [6.07, 6.45) is -3.32. The maximum absolute atomic E-state index is 14.4. The summed E-state index contributed by atoms with van der Waals surface area (Å²) in [5.74, 6) is -21.1. The molecule has 48 heteroatoms. The average Bonchev–Trinajstić information content (AvgIpc) is 1.65. The van der Waals surface area contributed by atoms with Gasteiger partial charge in [-0.15, -0.1) is 0 Å². The number of hydrogen-bond donors (Lipinski definition) is 26. The molecule has 134 heavy (non-hydrogen) atoms. The molecule has 0 unspecified atom stereocenters. The van der Waals surface area contributed by atoms with Crippen LogP contribution in [0.3, 0.4) is 0 Å². The van der Waals surface area contributed by atoms with Crippen molar-refractivity contribution in [2.24, 2.45) is 23.7 Å². The summed E-state index contributed by atoms with van der Waals surface area (Å²) in [4.78, 5) is 274. The first-order valence-corrected chi connectivity index (χ1v) is 46.3. The number of nitrogens with one attached hydrogen (secondary N) is 19. The molecule has 0 aliphatic carbocycles. The third-order valence-electron chi connectivity index (χ3n) is 22.1. The van der Waals surface area contributed by atoms with Gasteiger partial charge in [-0.2, -0.15) is 11.8 Å². The van der Waals surface area contributed by atoms with Gasteiger partial charge < -0.3 is 142 Å². The highest BCUT2D eigenvalue weighted by Crippen LogP contribution is 2.22. The molecular formula is C86H142N20O27S. The van der Waals surface area contributed by atoms with E-state index in [1.165, 1.54) is 60.2 Å². The van der Waals surface area contributed by atoms with Gasteiger partial charge >= 0.3 is 5.97 Å². The molecule has 3 rings (SSSR count). The Balaban J connectivity index is 1.71. The Bertz CT molecular complexity index is 4180. The van der Waals surface area contributed by atoms with Crippen LogP contribution in [0.5, 0.6) is 0 Å². The van der Waals surface area contributed by atoms with Crippen molar-refractivity contribution in [1.29, 1.82) is 0 Å². The van der Waals surface area contributed by atoms with Gasteiger partial charge in [-0.25, -0.2) is 0 Å². The largest absolute Gasteiger partial charge is 0.480 e. The third kappa shape index (κ3) is 38.2. The van der Waals surface area contributed by atoms with E-state index in [0.29, 0.717) is 24.9 Å². The molecule has 2 aliphatic heterocycles. The van der Waals surface area contributed by atoms with Crippen LogP contribution in [-0.4, -0.2) is 343 Å². The third-order valence-corrected chi connectivity index (χ3v) is 22.8. The summed E-state index contributed by atoms with van der Waals surface area (Å²) in [5.41, 5.74) is 0.485. The Hall–Kier alpha value is -11.3. The number of benzene rings is 1. The highest BCUT2D eigenvalue weighted by molar-refractivity contribution is 7.98. The lowest BCUT2D eigenvalue weighted by Gasteiger charge is -2.31. The second kappa shape index (κ2) is 57.4. The number of thioether (sulfide) groups is 1. The molecule has 19 amide bonds. The fourth-order valence-corrected chi connectivity index (χ4v) is 14.5. The van der Waals surface area contributed by atoms with Crippen LogP contribution in [0.1, 0.15) is 175 Å². The molecule has 1 aromatic carbocycles. The van der Waals surface area contributed by atoms with Crippen LogP contribution in [0, 0.1) is 23.7 Å². The molecule has 0 aromatic heterocycles. The van der Waals surface area contributed by atoms with Gasteiger partial charge in [0.1, 0.15) is 115 Å². The van der Waals surface area contributed by atoms with E-state index in [1.807, 2.05) is 5.32 Å². The molecule has 2 fully saturated rings. The van der Waals surface area contributed by atoms with Crippen LogP contribution in [0.2, 0.25) is 0 Å². The summed E-state index contributed by atoms with van der Waals surface area (Å²) in [5, 5.41) is 119. The number of carbonyl (C=O) groups is 20.